The summed E-state index contributed by atoms with van der Waals surface area (Å²) in [6.07, 6.45) is -2.23. The van der Waals surface area contributed by atoms with Crippen molar-refractivity contribution in [1.29, 1.82) is 0 Å². The van der Waals surface area contributed by atoms with Gasteiger partial charge in [0.2, 0.25) is 17.7 Å². The Balaban J connectivity index is 5.59. The monoisotopic (exact) mass is 505 g/mol. The van der Waals surface area contributed by atoms with Crippen molar-refractivity contribution in [3.8, 4) is 0 Å². The Labute approximate surface area is 201 Å². The van der Waals surface area contributed by atoms with Gasteiger partial charge in [0.05, 0.1) is 6.10 Å². The lowest BCUT2D eigenvalue weighted by Crippen LogP contribution is -2.58. The van der Waals surface area contributed by atoms with Crippen LogP contribution in [0.2, 0.25) is 0 Å². The fourth-order valence-electron chi connectivity index (χ4n) is 2.86. The summed E-state index contributed by atoms with van der Waals surface area (Å²) in [7, 11) is 0. The summed E-state index contributed by atoms with van der Waals surface area (Å²) >= 11 is 0. The molecule has 3 amide bonds. The quantitative estimate of drug-likeness (QED) is 0.0848. The number of carboxylic acid groups (broad SMARTS) is 3. The second-order valence-corrected chi connectivity index (χ2v) is 7.94. The number of aliphatic hydroxyl groups is 1. The summed E-state index contributed by atoms with van der Waals surface area (Å²) < 4.78 is 0. The summed E-state index contributed by atoms with van der Waals surface area (Å²) in [6.45, 7) is 1.55. The number of nitrogens with two attached hydrogens (primary N) is 2. The highest BCUT2D eigenvalue weighted by Gasteiger charge is 2.31. The Hall–Kier alpha value is -3.30. The van der Waals surface area contributed by atoms with Crippen molar-refractivity contribution in [1.82, 2.24) is 16.0 Å². The zero-order chi connectivity index (χ0) is 27.1. The minimum absolute atomic E-state index is 0.0480. The Kier molecular flexibility index (Phi) is 14.8. The number of rotatable bonds is 18. The highest BCUT2D eigenvalue weighted by atomic mass is 16.4. The van der Waals surface area contributed by atoms with Gasteiger partial charge < -0.3 is 47.8 Å². The van der Waals surface area contributed by atoms with Crippen LogP contribution in [-0.2, 0) is 28.8 Å². The van der Waals surface area contributed by atoms with Crippen LogP contribution in [0.4, 0.5) is 0 Å². The van der Waals surface area contributed by atoms with Gasteiger partial charge in [-0.15, -0.1) is 0 Å². The minimum atomic E-state index is -1.50. The second-order valence-electron chi connectivity index (χ2n) is 7.94. The first kappa shape index (κ1) is 31.7. The van der Waals surface area contributed by atoms with E-state index in [1.807, 2.05) is 0 Å². The molecule has 0 radical (unpaired) electrons. The summed E-state index contributed by atoms with van der Waals surface area (Å²) in [5.41, 5.74) is 10.9. The number of carbonyl (C=O) groups is 6. The van der Waals surface area contributed by atoms with Crippen LogP contribution < -0.4 is 27.4 Å². The fourth-order valence-corrected chi connectivity index (χ4v) is 2.86. The largest absolute Gasteiger partial charge is 0.481 e. The number of aliphatic carboxylic acids is 3. The van der Waals surface area contributed by atoms with E-state index >= 15 is 0 Å². The summed E-state index contributed by atoms with van der Waals surface area (Å²) in [5.74, 6) is -6.84. The topological polar surface area (TPSA) is 271 Å². The number of hydrogen-bond acceptors (Lipinski definition) is 9. The summed E-state index contributed by atoms with van der Waals surface area (Å²) in [6, 6.07) is -5.72. The van der Waals surface area contributed by atoms with Gasteiger partial charge in [0.15, 0.2) is 0 Å². The van der Waals surface area contributed by atoms with Gasteiger partial charge in [-0.25, -0.2) is 4.79 Å². The molecule has 0 fully saturated rings. The van der Waals surface area contributed by atoms with Crippen LogP contribution in [0.15, 0.2) is 0 Å². The number of unbranched alkanes of at least 4 members (excludes halogenated alkanes) is 1. The van der Waals surface area contributed by atoms with E-state index in [-0.39, 0.29) is 6.42 Å². The van der Waals surface area contributed by atoms with Gasteiger partial charge in [-0.05, 0) is 45.6 Å². The molecule has 0 heterocycles. The molecule has 5 unspecified atom stereocenters. The van der Waals surface area contributed by atoms with Crippen molar-refractivity contribution >= 4 is 35.6 Å². The van der Waals surface area contributed by atoms with Gasteiger partial charge in [0, 0.05) is 12.8 Å². The molecule has 0 rings (SSSR count). The van der Waals surface area contributed by atoms with E-state index in [1.54, 1.807) is 0 Å². The normalized spacial score (nSPS) is 15.1. The first-order chi connectivity index (χ1) is 16.3. The van der Waals surface area contributed by atoms with E-state index in [1.165, 1.54) is 6.92 Å². The van der Waals surface area contributed by atoms with Gasteiger partial charge in [0.25, 0.3) is 0 Å². The Morgan fingerprint density at radius 3 is 1.51 bits per heavy atom. The molecule has 15 heteroatoms. The third kappa shape index (κ3) is 13.2. The molecule has 0 aromatic rings. The maximum absolute atomic E-state index is 12.8. The lowest BCUT2D eigenvalue weighted by Gasteiger charge is -2.25. The average Bonchev–Trinajstić information content (AvgIpc) is 2.77. The minimum Gasteiger partial charge on any atom is -0.481 e. The molecule has 0 aliphatic heterocycles. The van der Waals surface area contributed by atoms with E-state index in [0.29, 0.717) is 19.4 Å². The zero-order valence-corrected chi connectivity index (χ0v) is 19.4. The predicted molar refractivity (Wildman–Crippen MR) is 120 cm³/mol. The predicted octanol–water partition coefficient (Wildman–Crippen LogP) is -2.91. The molecule has 0 saturated heterocycles. The van der Waals surface area contributed by atoms with Crippen LogP contribution >= 0.6 is 0 Å². The molecule has 5 atom stereocenters. The number of hydrogen-bond donors (Lipinski definition) is 9. The van der Waals surface area contributed by atoms with Crippen molar-refractivity contribution in [3.05, 3.63) is 0 Å². The molecular formula is C20H35N5O10. The van der Waals surface area contributed by atoms with Crippen molar-refractivity contribution in [3.63, 3.8) is 0 Å². The molecule has 35 heavy (non-hydrogen) atoms. The Bertz CT molecular complexity index is 761. The van der Waals surface area contributed by atoms with Crippen molar-refractivity contribution in [2.45, 2.75) is 82.1 Å². The van der Waals surface area contributed by atoms with Crippen LogP contribution in [0.1, 0.15) is 51.9 Å². The first-order valence-electron chi connectivity index (χ1n) is 11.0. The maximum atomic E-state index is 12.8. The average molecular weight is 506 g/mol. The first-order valence-corrected chi connectivity index (χ1v) is 11.0. The van der Waals surface area contributed by atoms with Crippen LogP contribution in [0, 0.1) is 0 Å². The fraction of sp³-hybridized carbons (Fsp3) is 0.700. The molecule has 0 aliphatic rings. The Morgan fingerprint density at radius 1 is 0.714 bits per heavy atom. The second kappa shape index (κ2) is 16.3. The van der Waals surface area contributed by atoms with Gasteiger partial charge in [-0.1, -0.05) is 0 Å². The Morgan fingerprint density at radius 2 is 1.14 bits per heavy atom. The van der Waals surface area contributed by atoms with Crippen LogP contribution in [0.25, 0.3) is 0 Å². The summed E-state index contributed by atoms with van der Waals surface area (Å²) in [4.78, 5) is 71.1. The van der Waals surface area contributed by atoms with Crippen LogP contribution in [0.5, 0.6) is 0 Å². The lowest BCUT2D eigenvalue weighted by atomic mass is 10.0. The molecule has 200 valence electrons. The molecule has 11 N–H and O–H groups in total. The van der Waals surface area contributed by atoms with E-state index < -0.39 is 91.6 Å². The molecule has 15 nitrogen and oxygen atoms in total. The van der Waals surface area contributed by atoms with Crippen LogP contribution in [0.3, 0.4) is 0 Å². The number of carbonyl (C=O) groups excluding carboxylic acids is 3. The zero-order valence-electron chi connectivity index (χ0n) is 19.4. The SMILES string of the molecule is CC(O)C(N)C(=O)NC(CCC(=O)O)C(=O)NC(CCC(=O)O)C(=O)NC(CCCCN)C(=O)O. The van der Waals surface area contributed by atoms with Crippen molar-refractivity contribution in [2.75, 3.05) is 6.54 Å². The smallest absolute Gasteiger partial charge is 0.326 e. The molecule has 0 bridgehead atoms. The molecule has 0 aliphatic carbocycles. The highest BCUT2D eigenvalue weighted by molar-refractivity contribution is 5.94. The van der Waals surface area contributed by atoms with Gasteiger partial charge >= 0.3 is 17.9 Å². The third-order valence-corrected chi connectivity index (χ3v) is 4.94. The van der Waals surface area contributed by atoms with Gasteiger partial charge in [0.1, 0.15) is 24.2 Å². The van der Waals surface area contributed by atoms with Crippen molar-refractivity contribution < 1.29 is 49.2 Å². The molecular weight excluding hydrogens is 470 g/mol. The summed E-state index contributed by atoms with van der Waals surface area (Å²) in [5, 5.41) is 43.4. The van der Waals surface area contributed by atoms with Gasteiger partial charge in [-0.2, -0.15) is 0 Å². The highest BCUT2D eigenvalue weighted by Crippen LogP contribution is 2.06. The van der Waals surface area contributed by atoms with E-state index in [9.17, 15) is 39.0 Å². The van der Waals surface area contributed by atoms with Crippen molar-refractivity contribution in [2.24, 2.45) is 11.5 Å². The molecule has 0 aromatic carbocycles. The standard InChI is InChI=1S/C20H35N5O10/c1-10(26)16(22)19(33)24-12(6-8-15(29)30)17(31)23-11(5-7-14(27)28)18(32)25-13(20(34)35)4-2-3-9-21/h10-13,16,26H,2-9,21-22H2,1H3,(H,23,31)(H,24,33)(H,25,32)(H,27,28)(H,29,30)(H,34,35). The molecule has 0 saturated carbocycles. The molecule has 0 spiro atoms. The van der Waals surface area contributed by atoms with Crippen LogP contribution in [-0.4, -0.2) is 92.9 Å². The number of aliphatic hydroxyl groups excluding tert-OH is 1. The van der Waals surface area contributed by atoms with E-state index in [4.69, 9.17) is 21.7 Å². The molecule has 0 aromatic heterocycles. The lowest BCUT2D eigenvalue weighted by molar-refractivity contribution is -0.143. The van der Waals surface area contributed by atoms with E-state index in [2.05, 4.69) is 16.0 Å². The van der Waals surface area contributed by atoms with Gasteiger partial charge in [-0.3, -0.25) is 24.0 Å². The number of nitrogens with one attached hydrogen (secondary N) is 3. The number of carboxylic acids is 3. The third-order valence-electron chi connectivity index (χ3n) is 4.94. The number of amides is 3. The maximum Gasteiger partial charge on any atom is 0.326 e. The van der Waals surface area contributed by atoms with E-state index in [0.717, 1.165) is 0 Å².